The minimum absolute atomic E-state index is 0.0597. The lowest BCUT2D eigenvalue weighted by molar-refractivity contribution is -0.170. The number of hydrogen-bond donors (Lipinski definition) is 0. The molecule has 138 valence electrons. The van der Waals surface area contributed by atoms with Gasteiger partial charge in [0, 0.05) is 6.08 Å². The molecule has 1 saturated heterocycles. The molecule has 1 aliphatic heterocycles. The van der Waals surface area contributed by atoms with Crippen molar-refractivity contribution < 1.29 is 23.4 Å². The maximum Gasteiger partial charge on any atom is 0.330 e. The molecule has 0 N–H and O–H groups in total. The van der Waals surface area contributed by atoms with Crippen molar-refractivity contribution in [1.29, 1.82) is 0 Å². The number of carbonyl (C=O) groups excluding carboxylic acids is 1. The van der Waals surface area contributed by atoms with Gasteiger partial charge in [-0.2, -0.15) is 0 Å². The van der Waals surface area contributed by atoms with E-state index >= 15 is 0 Å². The van der Waals surface area contributed by atoms with Crippen molar-refractivity contribution in [3.63, 3.8) is 0 Å². The van der Waals surface area contributed by atoms with E-state index < -0.39 is 32.3 Å². The summed E-state index contributed by atoms with van der Waals surface area (Å²) in [7, 11) is -1.99. The van der Waals surface area contributed by atoms with Crippen LogP contribution in [0.3, 0.4) is 0 Å². The molecule has 24 heavy (non-hydrogen) atoms. The second-order valence-corrected chi connectivity index (χ2v) is 12.9. The zero-order valence-corrected chi connectivity index (χ0v) is 17.0. The van der Waals surface area contributed by atoms with Gasteiger partial charge in [0.15, 0.2) is 20.2 Å². The molecule has 5 nitrogen and oxygen atoms in total. The van der Waals surface area contributed by atoms with Crippen molar-refractivity contribution in [1.82, 2.24) is 0 Å². The summed E-state index contributed by atoms with van der Waals surface area (Å²) in [5, 5.41) is 0.0597. The molecule has 0 saturated carbocycles. The molecular weight excluding hydrogens is 324 g/mol. The Hall–Kier alpha value is -0.953. The van der Waals surface area contributed by atoms with Crippen LogP contribution >= 0.6 is 0 Å². The van der Waals surface area contributed by atoms with Gasteiger partial charge in [-0.3, -0.25) is 0 Å². The first kappa shape index (κ1) is 21.1. The van der Waals surface area contributed by atoms with E-state index in [4.69, 9.17) is 18.6 Å². The average Bonchev–Trinajstić information content (AvgIpc) is 2.76. The van der Waals surface area contributed by atoms with Crippen LogP contribution in [-0.2, 0) is 23.4 Å². The van der Waals surface area contributed by atoms with Gasteiger partial charge in [-0.05, 0) is 32.0 Å². The van der Waals surface area contributed by atoms with Crippen LogP contribution in [0.5, 0.6) is 0 Å². The van der Waals surface area contributed by atoms with Crippen molar-refractivity contribution >= 4 is 14.3 Å². The topological polar surface area (TPSA) is 54.0 Å². The molecule has 0 spiro atoms. The van der Waals surface area contributed by atoms with Gasteiger partial charge in [-0.15, -0.1) is 6.58 Å². The first-order valence-electron chi connectivity index (χ1n) is 8.28. The van der Waals surface area contributed by atoms with E-state index in [1.54, 1.807) is 6.08 Å². The largest absolute Gasteiger partial charge is 0.454 e. The number of rotatable bonds is 7. The fourth-order valence-corrected chi connectivity index (χ4v) is 3.20. The van der Waals surface area contributed by atoms with E-state index in [0.29, 0.717) is 0 Å². The molecule has 0 aromatic carbocycles. The van der Waals surface area contributed by atoms with E-state index in [1.807, 2.05) is 13.8 Å². The van der Waals surface area contributed by atoms with Gasteiger partial charge in [0.25, 0.3) is 0 Å². The fourth-order valence-electron chi connectivity index (χ4n) is 2.19. The van der Waals surface area contributed by atoms with Crippen molar-refractivity contribution in [2.24, 2.45) is 0 Å². The maximum atomic E-state index is 11.7. The first-order chi connectivity index (χ1) is 10.8. The lowest BCUT2D eigenvalue weighted by atomic mass is 10.1. The molecule has 0 radical (unpaired) electrons. The van der Waals surface area contributed by atoms with E-state index in [1.165, 1.54) is 0 Å². The minimum Gasteiger partial charge on any atom is -0.454 e. The van der Waals surface area contributed by atoms with Crippen molar-refractivity contribution in [3.05, 3.63) is 25.3 Å². The molecule has 0 aromatic heterocycles. The molecule has 0 amide bonds. The summed E-state index contributed by atoms with van der Waals surface area (Å²) in [4.78, 5) is 11.7. The Morgan fingerprint density at radius 2 is 1.88 bits per heavy atom. The van der Waals surface area contributed by atoms with Gasteiger partial charge in [0.05, 0.1) is 6.61 Å². The third-order valence-electron chi connectivity index (χ3n) is 4.61. The van der Waals surface area contributed by atoms with Crippen molar-refractivity contribution in [3.8, 4) is 0 Å². The van der Waals surface area contributed by atoms with Crippen LogP contribution in [0.2, 0.25) is 18.1 Å². The van der Waals surface area contributed by atoms with Gasteiger partial charge in [-0.1, -0.05) is 33.4 Å². The number of hydrogen-bond acceptors (Lipinski definition) is 5. The number of esters is 1. The highest BCUT2D eigenvalue weighted by atomic mass is 28.4. The maximum absolute atomic E-state index is 11.7. The summed E-state index contributed by atoms with van der Waals surface area (Å²) >= 11 is 0. The zero-order chi connectivity index (χ0) is 18.8. The Labute approximate surface area is 147 Å². The molecule has 1 fully saturated rings. The Balaban J connectivity index is 2.94. The van der Waals surface area contributed by atoms with E-state index in [2.05, 4.69) is 47.0 Å². The Morgan fingerprint density at radius 3 is 2.33 bits per heavy atom. The summed E-state index contributed by atoms with van der Waals surface area (Å²) in [6, 6.07) is 0. The van der Waals surface area contributed by atoms with E-state index in [0.717, 1.165) is 6.08 Å². The summed E-state index contributed by atoms with van der Waals surface area (Å²) < 4.78 is 23.5. The molecule has 1 rings (SSSR count). The summed E-state index contributed by atoms with van der Waals surface area (Å²) in [6.07, 6.45) is 1.38. The zero-order valence-electron chi connectivity index (χ0n) is 16.0. The molecule has 1 aliphatic rings. The lowest BCUT2D eigenvalue weighted by Gasteiger charge is -2.38. The standard InChI is InChI=1S/C18H32O5Si/c1-10-13-16(23-18(6,7)22-13)14(21-15(19)11-2)12-20-24(8,9)17(3,4)5/h10-11,13-14,16H,1-2,12H2,3-9H3/t13-,14-,16-/m1/s1. The Bertz CT molecular complexity index is 478. The Morgan fingerprint density at radius 1 is 1.29 bits per heavy atom. The third kappa shape index (κ3) is 5.27. The minimum atomic E-state index is -1.99. The normalized spacial score (nSPS) is 25.1. The van der Waals surface area contributed by atoms with Crippen LogP contribution in [0.1, 0.15) is 34.6 Å². The second kappa shape index (κ2) is 7.52. The summed E-state index contributed by atoms with van der Waals surface area (Å²) in [5.74, 6) is -1.27. The van der Waals surface area contributed by atoms with Crippen LogP contribution in [0.25, 0.3) is 0 Å². The first-order valence-corrected chi connectivity index (χ1v) is 11.2. The highest BCUT2D eigenvalue weighted by molar-refractivity contribution is 6.74. The van der Waals surface area contributed by atoms with Crippen LogP contribution in [0.4, 0.5) is 0 Å². The highest BCUT2D eigenvalue weighted by Gasteiger charge is 2.46. The highest BCUT2D eigenvalue weighted by Crippen LogP contribution is 2.37. The van der Waals surface area contributed by atoms with E-state index in [-0.39, 0.29) is 17.7 Å². The molecule has 0 aliphatic carbocycles. The van der Waals surface area contributed by atoms with Crippen LogP contribution in [0, 0.1) is 0 Å². The third-order valence-corrected chi connectivity index (χ3v) is 9.11. The molecule has 6 heteroatoms. The SMILES string of the molecule is C=CC(=O)O[C@H](CO[Si](C)(C)C(C)(C)C)[C@@H]1OC(C)(C)O[C@@H]1C=C. The molecule has 0 bridgehead atoms. The predicted molar refractivity (Wildman–Crippen MR) is 97.2 cm³/mol. The molecule has 0 aromatic rings. The fraction of sp³-hybridized carbons (Fsp3) is 0.722. The molecule has 0 unspecified atom stereocenters. The van der Waals surface area contributed by atoms with E-state index in [9.17, 15) is 4.79 Å². The van der Waals surface area contributed by atoms with Gasteiger partial charge < -0.3 is 18.6 Å². The summed E-state index contributed by atoms with van der Waals surface area (Å²) in [5.41, 5.74) is 0. The van der Waals surface area contributed by atoms with Crippen molar-refractivity contribution in [2.45, 2.75) is 76.8 Å². The van der Waals surface area contributed by atoms with Gasteiger partial charge in [0.1, 0.15) is 12.2 Å². The van der Waals surface area contributed by atoms with Crippen LogP contribution in [-0.4, -0.2) is 45.0 Å². The average molecular weight is 357 g/mol. The molecule has 1 heterocycles. The van der Waals surface area contributed by atoms with Gasteiger partial charge >= 0.3 is 5.97 Å². The van der Waals surface area contributed by atoms with Crippen LogP contribution in [0.15, 0.2) is 25.3 Å². The quantitative estimate of drug-likeness (QED) is 0.300. The Kier molecular flexibility index (Phi) is 6.60. The monoisotopic (exact) mass is 356 g/mol. The van der Waals surface area contributed by atoms with Gasteiger partial charge in [0.2, 0.25) is 0 Å². The van der Waals surface area contributed by atoms with Crippen LogP contribution < -0.4 is 0 Å². The summed E-state index contributed by atoms with van der Waals surface area (Å²) in [6.45, 7) is 21.9. The number of carbonyl (C=O) groups is 1. The smallest absolute Gasteiger partial charge is 0.330 e. The second-order valence-electron chi connectivity index (χ2n) is 8.05. The number of ether oxygens (including phenoxy) is 3. The molecule has 3 atom stereocenters. The van der Waals surface area contributed by atoms with Crippen molar-refractivity contribution in [2.75, 3.05) is 6.61 Å². The molecular formula is C18H32O5Si. The lowest BCUT2D eigenvalue weighted by Crippen LogP contribution is -2.47. The van der Waals surface area contributed by atoms with Gasteiger partial charge in [-0.25, -0.2) is 4.79 Å². The predicted octanol–water partition coefficient (Wildman–Crippen LogP) is 3.81.